The number of fused-ring (bicyclic) bond motifs is 1. The number of nitrogens with zero attached hydrogens (tertiary/aromatic N) is 4. The summed E-state index contributed by atoms with van der Waals surface area (Å²) in [5.41, 5.74) is 2.84. The summed E-state index contributed by atoms with van der Waals surface area (Å²) in [6.07, 6.45) is 1.65. The maximum atomic E-state index is 4.58. The van der Waals surface area contributed by atoms with E-state index in [1.807, 2.05) is 37.2 Å². The van der Waals surface area contributed by atoms with E-state index in [2.05, 4.69) is 32.1 Å². The zero-order valence-electron chi connectivity index (χ0n) is 11.4. The molecule has 0 aliphatic heterocycles. The smallest absolute Gasteiger partial charge is 0.191 e. The van der Waals surface area contributed by atoms with Gasteiger partial charge in [0.1, 0.15) is 5.52 Å². The molecule has 0 radical (unpaired) electrons. The lowest BCUT2D eigenvalue weighted by Gasteiger charge is -2.12. The van der Waals surface area contributed by atoms with Crippen LogP contribution in [0.2, 0.25) is 0 Å². The summed E-state index contributed by atoms with van der Waals surface area (Å²) in [6.45, 7) is 0. The summed E-state index contributed by atoms with van der Waals surface area (Å²) in [5.74, 6) is 1.69. The number of thioether (sulfide) groups is 1. The van der Waals surface area contributed by atoms with Gasteiger partial charge in [0.25, 0.3) is 0 Å². The van der Waals surface area contributed by atoms with Crippen molar-refractivity contribution in [2.24, 2.45) is 0 Å². The molecule has 0 unspecified atom stereocenters. The number of nitrogens with one attached hydrogen (secondary N) is 1. The van der Waals surface area contributed by atoms with Gasteiger partial charge in [-0.25, -0.2) is 15.0 Å². The topological polar surface area (TPSA) is 57.7 Å². The van der Waals surface area contributed by atoms with E-state index in [4.69, 9.17) is 0 Å². The van der Waals surface area contributed by atoms with E-state index in [1.54, 1.807) is 18.1 Å². The van der Waals surface area contributed by atoms with Crippen LogP contribution in [-0.4, -0.2) is 34.0 Å². The van der Waals surface area contributed by atoms with Crippen LogP contribution >= 0.6 is 11.8 Å². The molecule has 0 aliphatic carbocycles. The Labute approximate surface area is 121 Å². The van der Waals surface area contributed by atoms with Gasteiger partial charge in [-0.15, -0.1) is 0 Å². The molecular formula is C14H15N5S. The molecule has 0 amide bonds. The predicted molar refractivity (Wildman–Crippen MR) is 82.0 cm³/mol. The molecule has 6 heteroatoms. The fraction of sp³-hybridized carbons (Fsp3) is 0.214. The summed E-state index contributed by atoms with van der Waals surface area (Å²) in [5, 5.41) is 0.759. The van der Waals surface area contributed by atoms with Gasteiger partial charge in [0.2, 0.25) is 0 Å². The summed E-state index contributed by atoms with van der Waals surface area (Å²) < 4.78 is 0. The van der Waals surface area contributed by atoms with Crippen molar-refractivity contribution >= 4 is 28.7 Å². The Morgan fingerprint density at radius 3 is 2.70 bits per heavy atom. The number of hydrogen-bond acceptors (Lipinski definition) is 5. The highest BCUT2D eigenvalue weighted by Crippen LogP contribution is 2.25. The molecule has 102 valence electrons. The van der Waals surface area contributed by atoms with Crippen LogP contribution in [0, 0.1) is 0 Å². The van der Waals surface area contributed by atoms with Gasteiger partial charge >= 0.3 is 0 Å². The first-order valence-corrected chi connectivity index (χ1v) is 7.28. The number of aromatic amines is 1. The van der Waals surface area contributed by atoms with Crippen molar-refractivity contribution in [1.82, 2.24) is 19.9 Å². The minimum absolute atomic E-state index is 0.759. The van der Waals surface area contributed by atoms with E-state index in [9.17, 15) is 0 Å². The van der Waals surface area contributed by atoms with Crippen LogP contribution in [0.1, 0.15) is 5.56 Å². The molecule has 3 aromatic rings. The van der Waals surface area contributed by atoms with Crippen molar-refractivity contribution in [2.75, 3.05) is 19.0 Å². The quantitative estimate of drug-likeness (QED) is 0.590. The lowest BCUT2D eigenvalue weighted by molar-refractivity contribution is 0.951. The molecule has 0 spiro atoms. The molecule has 0 saturated heterocycles. The molecule has 5 nitrogen and oxygen atoms in total. The first-order valence-electron chi connectivity index (χ1n) is 6.29. The first kappa shape index (κ1) is 12.9. The lowest BCUT2D eigenvalue weighted by Crippen LogP contribution is -2.12. The molecule has 1 N–H and O–H groups in total. The standard InChI is InChI=1S/C14H15N5S/c1-19(2)13-11-12(16-9-15-11)17-14(18-13)20-8-10-6-4-3-5-7-10/h3-7,9H,8H2,1-2H3,(H,15,16,17,18). The average molecular weight is 285 g/mol. The van der Waals surface area contributed by atoms with E-state index in [1.165, 1.54) is 5.56 Å². The second-order valence-electron chi connectivity index (χ2n) is 4.60. The lowest BCUT2D eigenvalue weighted by atomic mass is 10.2. The Bertz CT molecular complexity index is 708. The van der Waals surface area contributed by atoms with E-state index in [0.717, 1.165) is 27.9 Å². The predicted octanol–water partition coefficient (Wildman–Crippen LogP) is 2.71. The van der Waals surface area contributed by atoms with Crippen LogP contribution < -0.4 is 4.90 Å². The molecule has 0 aliphatic rings. The monoisotopic (exact) mass is 285 g/mol. The van der Waals surface area contributed by atoms with Gasteiger partial charge in [0.05, 0.1) is 6.33 Å². The maximum absolute atomic E-state index is 4.58. The van der Waals surface area contributed by atoms with Crippen LogP contribution in [-0.2, 0) is 5.75 Å². The van der Waals surface area contributed by atoms with Gasteiger partial charge in [-0.2, -0.15) is 0 Å². The van der Waals surface area contributed by atoms with Crippen molar-refractivity contribution in [1.29, 1.82) is 0 Å². The number of aromatic nitrogens is 4. The number of H-pyrrole nitrogens is 1. The number of benzene rings is 1. The summed E-state index contributed by atoms with van der Waals surface area (Å²) in [4.78, 5) is 18.4. The van der Waals surface area contributed by atoms with Gasteiger partial charge in [-0.1, -0.05) is 42.1 Å². The van der Waals surface area contributed by atoms with Gasteiger partial charge in [0, 0.05) is 19.8 Å². The highest BCUT2D eigenvalue weighted by Gasteiger charge is 2.12. The minimum Gasteiger partial charge on any atom is -0.361 e. The maximum Gasteiger partial charge on any atom is 0.191 e. The Morgan fingerprint density at radius 1 is 1.15 bits per heavy atom. The van der Waals surface area contributed by atoms with Crippen molar-refractivity contribution in [2.45, 2.75) is 10.9 Å². The summed E-state index contributed by atoms with van der Waals surface area (Å²) in [6, 6.07) is 10.3. The molecule has 0 fully saturated rings. The van der Waals surface area contributed by atoms with Crippen LogP contribution in [0.5, 0.6) is 0 Å². The molecule has 1 aromatic carbocycles. The molecule has 2 heterocycles. The summed E-state index contributed by atoms with van der Waals surface area (Å²) in [7, 11) is 3.92. The zero-order chi connectivity index (χ0) is 13.9. The third kappa shape index (κ3) is 2.60. The fourth-order valence-corrected chi connectivity index (χ4v) is 2.69. The third-order valence-electron chi connectivity index (χ3n) is 2.87. The van der Waals surface area contributed by atoms with E-state index < -0.39 is 0 Å². The van der Waals surface area contributed by atoms with Gasteiger partial charge < -0.3 is 9.88 Å². The SMILES string of the molecule is CN(C)c1nc(SCc2ccccc2)nc2[nH]cnc12. The van der Waals surface area contributed by atoms with Crippen molar-refractivity contribution in [3.05, 3.63) is 42.2 Å². The van der Waals surface area contributed by atoms with Crippen molar-refractivity contribution < 1.29 is 0 Å². The first-order chi connectivity index (χ1) is 9.74. The molecule has 3 rings (SSSR count). The van der Waals surface area contributed by atoms with Gasteiger partial charge in [-0.3, -0.25) is 0 Å². The van der Waals surface area contributed by atoms with Crippen LogP contribution in [0.4, 0.5) is 5.82 Å². The fourth-order valence-electron chi connectivity index (χ4n) is 1.90. The highest BCUT2D eigenvalue weighted by atomic mass is 32.2. The molecular weight excluding hydrogens is 270 g/mol. The largest absolute Gasteiger partial charge is 0.361 e. The van der Waals surface area contributed by atoms with Crippen LogP contribution in [0.3, 0.4) is 0 Å². The van der Waals surface area contributed by atoms with Gasteiger partial charge in [-0.05, 0) is 5.56 Å². The van der Waals surface area contributed by atoms with Gasteiger partial charge in [0.15, 0.2) is 16.6 Å². The Balaban J connectivity index is 1.88. The van der Waals surface area contributed by atoms with E-state index in [0.29, 0.717) is 0 Å². The van der Waals surface area contributed by atoms with E-state index in [-0.39, 0.29) is 0 Å². The zero-order valence-corrected chi connectivity index (χ0v) is 12.2. The Morgan fingerprint density at radius 2 is 1.95 bits per heavy atom. The molecule has 0 atom stereocenters. The third-order valence-corrected chi connectivity index (χ3v) is 3.79. The Hall–Kier alpha value is -2.08. The Kier molecular flexibility index (Phi) is 3.56. The van der Waals surface area contributed by atoms with Crippen LogP contribution in [0.25, 0.3) is 11.2 Å². The number of anilines is 1. The highest BCUT2D eigenvalue weighted by molar-refractivity contribution is 7.98. The molecule has 0 saturated carbocycles. The normalized spacial score (nSPS) is 10.9. The average Bonchev–Trinajstić information content (AvgIpc) is 2.93. The molecule has 20 heavy (non-hydrogen) atoms. The van der Waals surface area contributed by atoms with Crippen molar-refractivity contribution in [3.63, 3.8) is 0 Å². The second kappa shape index (κ2) is 5.50. The van der Waals surface area contributed by atoms with E-state index >= 15 is 0 Å². The second-order valence-corrected chi connectivity index (χ2v) is 5.54. The summed E-state index contributed by atoms with van der Waals surface area (Å²) >= 11 is 1.63. The number of imidazole rings is 1. The number of hydrogen-bond donors (Lipinski definition) is 1. The molecule has 2 aromatic heterocycles. The number of rotatable bonds is 4. The minimum atomic E-state index is 0.759. The van der Waals surface area contributed by atoms with Crippen molar-refractivity contribution in [3.8, 4) is 0 Å². The van der Waals surface area contributed by atoms with Crippen LogP contribution in [0.15, 0.2) is 41.8 Å². The molecule has 0 bridgehead atoms.